The van der Waals surface area contributed by atoms with E-state index in [4.69, 9.17) is 15.2 Å². The molecule has 0 aliphatic carbocycles. The molecule has 1 heterocycles. The zero-order valence-corrected chi connectivity index (χ0v) is 15.1. The monoisotopic (exact) mass is 348 g/mol. The number of anilines is 1. The van der Waals surface area contributed by atoms with Gasteiger partial charge in [0.1, 0.15) is 12.0 Å². The molecule has 1 fully saturated rings. The van der Waals surface area contributed by atoms with Gasteiger partial charge in [-0.25, -0.2) is 4.79 Å². The third-order valence-corrected chi connectivity index (χ3v) is 4.46. The van der Waals surface area contributed by atoms with Gasteiger partial charge in [0.05, 0.1) is 12.2 Å². The predicted molar refractivity (Wildman–Crippen MR) is 96.1 cm³/mol. The molecule has 2 atom stereocenters. The second-order valence-electron chi connectivity index (χ2n) is 6.37. The maximum atomic E-state index is 12.4. The molecule has 6 heteroatoms. The van der Waals surface area contributed by atoms with Gasteiger partial charge in [-0.3, -0.25) is 4.79 Å². The van der Waals surface area contributed by atoms with Gasteiger partial charge in [-0.05, 0) is 50.6 Å². The Bertz CT molecular complexity index is 573. The van der Waals surface area contributed by atoms with E-state index in [1.807, 2.05) is 0 Å². The van der Waals surface area contributed by atoms with E-state index in [-0.39, 0.29) is 5.97 Å². The number of esters is 2. The van der Waals surface area contributed by atoms with Crippen LogP contribution >= 0.6 is 0 Å². The van der Waals surface area contributed by atoms with Crippen molar-refractivity contribution in [2.24, 2.45) is 5.92 Å². The van der Waals surface area contributed by atoms with E-state index in [2.05, 4.69) is 11.8 Å². The van der Waals surface area contributed by atoms with Crippen molar-refractivity contribution < 1.29 is 19.1 Å². The SMILES string of the molecule is CCCCN1CCC(OC(=O)c2ccc(N)cc2)C(C(=O)OCC)C1. The Labute approximate surface area is 149 Å². The highest BCUT2D eigenvalue weighted by atomic mass is 16.6. The standard InChI is InChI=1S/C19H28N2O4/c1-3-5-11-21-12-10-17(16(13-21)19(23)24-4-2)25-18(22)14-6-8-15(20)9-7-14/h6-9,16-17H,3-5,10-13,20H2,1-2H3. The number of carbonyl (C=O) groups excluding carboxylic acids is 2. The van der Waals surface area contributed by atoms with E-state index in [1.165, 1.54) is 0 Å². The van der Waals surface area contributed by atoms with Crippen LogP contribution in [-0.2, 0) is 14.3 Å². The molecular formula is C19H28N2O4. The van der Waals surface area contributed by atoms with Gasteiger partial charge < -0.3 is 20.1 Å². The summed E-state index contributed by atoms with van der Waals surface area (Å²) < 4.78 is 10.8. The van der Waals surface area contributed by atoms with Crippen LogP contribution in [-0.4, -0.2) is 49.2 Å². The molecule has 0 spiro atoms. The second-order valence-corrected chi connectivity index (χ2v) is 6.37. The van der Waals surface area contributed by atoms with Crippen molar-refractivity contribution in [2.75, 3.05) is 32.0 Å². The third kappa shape index (κ3) is 5.46. The van der Waals surface area contributed by atoms with Gasteiger partial charge in [-0.2, -0.15) is 0 Å². The number of piperidine rings is 1. The Hall–Kier alpha value is -2.08. The first-order valence-corrected chi connectivity index (χ1v) is 9.00. The quantitative estimate of drug-likeness (QED) is 0.602. The number of likely N-dealkylation sites (tertiary alicyclic amines) is 1. The predicted octanol–water partition coefficient (Wildman–Crippen LogP) is 2.48. The average molecular weight is 348 g/mol. The third-order valence-electron chi connectivity index (χ3n) is 4.46. The summed E-state index contributed by atoms with van der Waals surface area (Å²) in [6.45, 7) is 6.58. The normalized spacial score (nSPS) is 20.9. The molecule has 1 saturated heterocycles. The molecule has 0 radical (unpaired) electrons. The first-order valence-electron chi connectivity index (χ1n) is 9.00. The van der Waals surface area contributed by atoms with Crippen LogP contribution in [0, 0.1) is 5.92 Å². The van der Waals surface area contributed by atoms with Crippen LogP contribution < -0.4 is 5.73 Å². The van der Waals surface area contributed by atoms with Crippen molar-refractivity contribution in [2.45, 2.75) is 39.2 Å². The average Bonchev–Trinajstić information content (AvgIpc) is 2.61. The molecule has 6 nitrogen and oxygen atoms in total. The van der Waals surface area contributed by atoms with E-state index in [9.17, 15) is 9.59 Å². The summed E-state index contributed by atoms with van der Waals surface area (Å²) in [7, 11) is 0. The van der Waals surface area contributed by atoms with Gasteiger partial charge in [0.15, 0.2) is 0 Å². The van der Waals surface area contributed by atoms with Crippen molar-refractivity contribution in [1.82, 2.24) is 4.90 Å². The van der Waals surface area contributed by atoms with Crippen LogP contribution in [0.1, 0.15) is 43.5 Å². The summed E-state index contributed by atoms with van der Waals surface area (Å²) >= 11 is 0. The molecule has 0 aromatic heterocycles. The minimum Gasteiger partial charge on any atom is -0.466 e. The van der Waals surface area contributed by atoms with Gasteiger partial charge in [0, 0.05) is 18.8 Å². The molecule has 2 unspecified atom stereocenters. The molecule has 1 aliphatic rings. The summed E-state index contributed by atoms with van der Waals surface area (Å²) in [6.07, 6.45) is 2.37. The summed E-state index contributed by atoms with van der Waals surface area (Å²) in [5, 5.41) is 0. The number of nitrogens with two attached hydrogens (primary N) is 1. The molecule has 0 amide bonds. The zero-order valence-electron chi connectivity index (χ0n) is 15.1. The molecule has 0 bridgehead atoms. The van der Waals surface area contributed by atoms with Crippen molar-refractivity contribution in [3.05, 3.63) is 29.8 Å². The number of rotatable bonds is 7. The number of benzene rings is 1. The number of nitrogen functional groups attached to an aromatic ring is 1. The van der Waals surface area contributed by atoms with Crippen molar-refractivity contribution >= 4 is 17.6 Å². The van der Waals surface area contributed by atoms with Gasteiger partial charge in [-0.15, -0.1) is 0 Å². The number of ether oxygens (including phenoxy) is 2. The highest BCUT2D eigenvalue weighted by Crippen LogP contribution is 2.23. The fourth-order valence-electron chi connectivity index (χ4n) is 3.02. The number of carbonyl (C=O) groups is 2. The van der Waals surface area contributed by atoms with Crippen LogP contribution in [0.2, 0.25) is 0 Å². The highest BCUT2D eigenvalue weighted by Gasteiger charge is 2.37. The van der Waals surface area contributed by atoms with E-state index >= 15 is 0 Å². The number of hydrogen-bond acceptors (Lipinski definition) is 6. The largest absolute Gasteiger partial charge is 0.466 e. The minimum atomic E-state index is -0.457. The maximum absolute atomic E-state index is 12.4. The van der Waals surface area contributed by atoms with E-state index < -0.39 is 18.0 Å². The lowest BCUT2D eigenvalue weighted by Gasteiger charge is -2.36. The number of hydrogen-bond donors (Lipinski definition) is 1. The molecule has 1 aromatic carbocycles. The molecule has 2 N–H and O–H groups in total. The Kier molecular flexibility index (Phi) is 7.25. The first-order chi connectivity index (χ1) is 12.0. The summed E-state index contributed by atoms with van der Waals surface area (Å²) in [5.41, 5.74) is 6.67. The van der Waals surface area contributed by atoms with Crippen molar-refractivity contribution in [1.29, 1.82) is 0 Å². The number of unbranched alkanes of at least 4 members (excludes halogenated alkanes) is 1. The van der Waals surface area contributed by atoms with E-state index in [0.717, 1.165) is 25.9 Å². The Morgan fingerprint density at radius 2 is 1.96 bits per heavy atom. The van der Waals surface area contributed by atoms with Crippen LogP contribution in [0.3, 0.4) is 0 Å². The van der Waals surface area contributed by atoms with E-state index in [1.54, 1.807) is 31.2 Å². The zero-order chi connectivity index (χ0) is 18.2. The topological polar surface area (TPSA) is 81.9 Å². The Balaban J connectivity index is 2.04. The lowest BCUT2D eigenvalue weighted by atomic mass is 9.94. The molecular weight excluding hydrogens is 320 g/mol. The lowest BCUT2D eigenvalue weighted by molar-refractivity contribution is -0.155. The minimum absolute atomic E-state index is 0.293. The number of nitrogens with zero attached hydrogens (tertiary/aromatic N) is 1. The fraction of sp³-hybridized carbons (Fsp3) is 0.579. The van der Waals surface area contributed by atoms with Gasteiger partial charge in [0.25, 0.3) is 0 Å². The first kappa shape index (κ1) is 19.2. The van der Waals surface area contributed by atoms with Gasteiger partial charge in [0.2, 0.25) is 0 Å². The van der Waals surface area contributed by atoms with Crippen LogP contribution in [0.25, 0.3) is 0 Å². The van der Waals surface area contributed by atoms with Crippen molar-refractivity contribution in [3.63, 3.8) is 0 Å². The van der Waals surface area contributed by atoms with Gasteiger partial charge in [-0.1, -0.05) is 13.3 Å². The fourth-order valence-corrected chi connectivity index (χ4v) is 3.02. The molecule has 1 aliphatic heterocycles. The molecule has 1 aromatic rings. The van der Waals surface area contributed by atoms with E-state index in [0.29, 0.717) is 30.8 Å². The smallest absolute Gasteiger partial charge is 0.338 e. The summed E-state index contributed by atoms with van der Waals surface area (Å²) in [5.74, 6) is -1.16. The Morgan fingerprint density at radius 3 is 2.60 bits per heavy atom. The lowest BCUT2D eigenvalue weighted by Crippen LogP contribution is -2.48. The second kappa shape index (κ2) is 9.42. The Morgan fingerprint density at radius 1 is 1.24 bits per heavy atom. The summed E-state index contributed by atoms with van der Waals surface area (Å²) in [6, 6.07) is 6.58. The maximum Gasteiger partial charge on any atom is 0.338 e. The van der Waals surface area contributed by atoms with Crippen LogP contribution in [0.5, 0.6) is 0 Å². The molecule has 2 rings (SSSR count). The molecule has 138 valence electrons. The van der Waals surface area contributed by atoms with Gasteiger partial charge >= 0.3 is 11.9 Å². The molecule has 25 heavy (non-hydrogen) atoms. The summed E-state index contributed by atoms with van der Waals surface area (Å²) in [4.78, 5) is 27.0. The van der Waals surface area contributed by atoms with Crippen molar-refractivity contribution in [3.8, 4) is 0 Å². The molecule has 0 saturated carbocycles. The van der Waals surface area contributed by atoms with Crippen LogP contribution in [0.15, 0.2) is 24.3 Å². The van der Waals surface area contributed by atoms with Crippen LogP contribution in [0.4, 0.5) is 5.69 Å². The highest BCUT2D eigenvalue weighted by molar-refractivity contribution is 5.90.